The Morgan fingerprint density at radius 2 is 1.73 bits per heavy atom. The van der Waals surface area contributed by atoms with Crippen molar-refractivity contribution in [2.24, 2.45) is 0 Å². The molecule has 0 bridgehead atoms. The fraction of sp³-hybridized carbons (Fsp3) is 0.857. The monoisotopic (exact) mass is 244 g/mol. The molecule has 1 atom stereocenters. The van der Waals surface area contributed by atoms with Gasteiger partial charge in [-0.2, -0.15) is 8.42 Å². The van der Waals surface area contributed by atoms with E-state index in [0.29, 0.717) is 6.26 Å². The number of aliphatic carboxylic acids is 1. The van der Waals surface area contributed by atoms with Crippen LogP contribution in [0.2, 0.25) is 0 Å². The molecule has 4 N–H and O–H groups in total. The van der Waals surface area contributed by atoms with E-state index in [1.807, 2.05) is 0 Å². The SMILES string of the molecule is CC(O)(CCO)CC(=O)O.CS(=O)(=O)O. The molecule has 0 aliphatic carbocycles. The number of rotatable bonds is 4. The first-order valence-electron chi connectivity index (χ1n) is 3.95. The molecule has 0 fully saturated rings. The van der Waals surface area contributed by atoms with Crippen molar-refractivity contribution in [1.29, 1.82) is 0 Å². The van der Waals surface area contributed by atoms with Crippen LogP contribution < -0.4 is 0 Å². The number of carboxylic acids is 1. The van der Waals surface area contributed by atoms with E-state index in [1.165, 1.54) is 6.92 Å². The summed E-state index contributed by atoms with van der Waals surface area (Å²) in [5.41, 5.74) is -1.28. The van der Waals surface area contributed by atoms with Gasteiger partial charge in [-0.25, -0.2) is 0 Å². The number of hydrogen-bond donors (Lipinski definition) is 4. The Balaban J connectivity index is 0. The molecule has 0 spiro atoms. The normalized spacial score (nSPS) is 14.7. The van der Waals surface area contributed by atoms with Crippen LogP contribution in [0.4, 0.5) is 0 Å². The first-order valence-corrected chi connectivity index (χ1v) is 5.80. The van der Waals surface area contributed by atoms with Gasteiger partial charge in [-0.1, -0.05) is 0 Å². The highest BCUT2D eigenvalue weighted by atomic mass is 32.2. The minimum absolute atomic E-state index is 0.0965. The van der Waals surface area contributed by atoms with Gasteiger partial charge in [0.25, 0.3) is 10.1 Å². The Kier molecular flexibility index (Phi) is 7.49. The Morgan fingerprint density at radius 3 is 1.93 bits per heavy atom. The average Bonchev–Trinajstić information content (AvgIpc) is 1.77. The zero-order valence-electron chi connectivity index (χ0n) is 8.54. The number of carbonyl (C=O) groups is 1. The van der Waals surface area contributed by atoms with Crippen molar-refractivity contribution in [2.75, 3.05) is 12.9 Å². The second-order valence-electron chi connectivity index (χ2n) is 3.27. The van der Waals surface area contributed by atoms with Crippen molar-refractivity contribution in [3.8, 4) is 0 Å². The third-order valence-corrected chi connectivity index (χ3v) is 1.18. The largest absolute Gasteiger partial charge is 0.481 e. The van der Waals surface area contributed by atoms with Crippen molar-refractivity contribution >= 4 is 16.1 Å². The lowest BCUT2D eigenvalue weighted by Crippen LogP contribution is -2.28. The summed E-state index contributed by atoms with van der Waals surface area (Å²) in [5.74, 6) is -1.06. The highest BCUT2D eigenvalue weighted by molar-refractivity contribution is 7.85. The van der Waals surface area contributed by atoms with Crippen LogP contribution in [0.25, 0.3) is 0 Å². The summed E-state index contributed by atoms with van der Waals surface area (Å²) in [6.45, 7) is 1.19. The summed E-state index contributed by atoms with van der Waals surface area (Å²) in [7, 11) is -3.67. The number of hydrogen-bond acceptors (Lipinski definition) is 5. The molecule has 92 valence electrons. The van der Waals surface area contributed by atoms with Crippen LogP contribution in [0.3, 0.4) is 0 Å². The van der Waals surface area contributed by atoms with E-state index in [9.17, 15) is 13.2 Å². The molecule has 0 aliphatic rings. The van der Waals surface area contributed by atoms with E-state index in [4.69, 9.17) is 19.9 Å². The van der Waals surface area contributed by atoms with Crippen LogP contribution in [-0.2, 0) is 14.9 Å². The molecule has 0 rings (SSSR count). The maximum Gasteiger partial charge on any atom is 0.306 e. The van der Waals surface area contributed by atoms with Gasteiger partial charge in [0.15, 0.2) is 0 Å². The van der Waals surface area contributed by atoms with Gasteiger partial charge in [-0.3, -0.25) is 9.35 Å². The second kappa shape index (κ2) is 6.72. The average molecular weight is 244 g/mol. The molecule has 0 aromatic heterocycles. The highest BCUT2D eigenvalue weighted by Crippen LogP contribution is 2.12. The van der Waals surface area contributed by atoms with E-state index in [-0.39, 0.29) is 19.4 Å². The Bertz CT molecular complexity index is 272. The summed E-state index contributed by atoms with van der Waals surface area (Å²) in [4.78, 5) is 10.0. The molecule has 0 radical (unpaired) electrons. The molecular formula is C7H16O7S. The summed E-state index contributed by atoms with van der Waals surface area (Å²) in [5, 5.41) is 25.7. The lowest BCUT2D eigenvalue weighted by atomic mass is 9.99. The first kappa shape index (κ1) is 16.7. The van der Waals surface area contributed by atoms with Crippen LogP contribution in [0.5, 0.6) is 0 Å². The van der Waals surface area contributed by atoms with Crippen molar-refractivity contribution < 1.29 is 33.1 Å². The van der Waals surface area contributed by atoms with Crippen LogP contribution >= 0.6 is 0 Å². The molecule has 0 amide bonds. The van der Waals surface area contributed by atoms with Crippen molar-refractivity contribution in [2.45, 2.75) is 25.4 Å². The molecule has 7 nitrogen and oxygen atoms in total. The van der Waals surface area contributed by atoms with E-state index in [0.717, 1.165) is 0 Å². The van der Waals surface area contributed by atoms with Gasteiger partial charge >= 0.3 is 5.97 Å². The summed E-state index contributed by atoms with van der Waals surface area (Å²) < 4.78 is 25.9. The maximum atomic E-state index is 10.0. The third kappa shape index (κ3) is 24.7. The fourth-order valence-corrected chi connectivity index (χ4v) is 0.655. The van der Waals surface area contributed by atoms with Crippen LogP contribution in [0.1, 0.15) is 19.8 Å². The van der Waals surface area contributed by atoms with Crippen LogP contribution in [0.15, 0.2) is 0 Å². The molecule has 1 unspecified atom stereocenters. The maximum absolute atomic E-state index is 10.0. The number of carboxylic acid groups (broad SMARTS) is 1. The minimum atomic E-state index is -3.67. The van der Waals surface area contributed by atoms with E-state index < -0.39 is 21.7 Å². The third-order valence-electron chi connectivity index (χ3n) is 1.18. The van der Waals surface area contributed by atoms with Gasteiger partial charge in [0.1, 0.15) is 0 Å². The lowest BCUT2D eigenvalue weighted by Gasteiger charge is -2.18. The van der Waals surface area contributed by atoms with Gasteiger partial charge in [0, 0.05) is 6.61 Å². The van der Waals surface area contributed by atoms with Gasteiger partial charge in [0.2, 0.25) is 0 Å². The van der Waals surface area contributed by atoms with Gasteiger partial charge in [0.05, 0.1) is 18.3 Å². The smallest absolute Gasteiger partial charge is 0.306 e. The van der Waals surface area contributed by atoms with E-state index in [2.05, 4.69) is 0 Å². The van der Waals surface area contributed by atoms with E-state index in [1.54, 1.807) is 0 Å². The molecule has 0 aromatic rings. The number of aliphatic hydroxyl groups is 2. The molecule has 0 aromatic carbocycles. The Morgan fingerprint density at radius 1 is 1.40 bits per heavy atom. The molecule has 0 saturated heterocycles. The minimum Gasteiger partial charge on any atom is -0.481 e. The Hall–Kier alpha value is -0.700. The summed E-state index contributed by atoms with van der Waals surface area (Å²) in [6.07, 6.45) is 0.486. The van der Waals surface area contributed by atoms with Crippen molar-refractivity contribution in [1.82, 2.24) is 0 Å². The van der Waals surface area contributed by atoms with Crippen molar-refractivity contribution in [3.63, 3.8) is 0 Å². The second-order valence-corrected chi connectivity index (χ2v) is 4.74. The first-order chi connectivity index (χ1) is 6.48. The zero-order chi connectivity index (χ0) is 12.7. The molecule has 0 aliphatic heterocycles. The summed E-state index contributed by atoms with van der Waals surface area (Å²) in [6, 6.07) is 0. The van der Waals surface area contributed by atoms with Gasteiger partial charge < -0.3 is 15.3 Å². The standard InChI is InChI=1S/C6H12O4.CH4O3S/c1-6(10,2-3-7)4-5(8)9;1-5(2,3)4/h7,10H,2-4H2,1H3,(H,8,9);1H3,(H,2,3,4). The quantitative estimate of drug-likeness (QED) is 0.471. The Labute approximate surface area is 88.1 Å². The summed E-state index contributed by atoms with van der Waals surface area (Å²) >= 11 is 0. The molecular weight excluding hydrogens is 228 g/mol. The van der Waals surface area contributed by atoms with Gasteiger partial charge in [-0.05, 0) is 13.3 Å². The van der Waals surface area contributed by atoms with E-state index >= 15 is 0 Å². The van der Waals surface area contributed by atoms with Gasteiger partial charge in [-0.15, -0.1) is 0 Å². The highest BCUT2D eigenvalue weighted by Gasteiger charge is 2.22. The topological polar surface area (TPSA) is 132 Å². The molecule has 8 heteroatoms. The van der Waals surface area contributed by atoms with Crippen LogP contribution in [-0.4, -0.2) is 52.7 Å². The lowest BCUT2D eigenvalue weighted by molar-refractivity contribution is -0.142. The van der Waals surface area contributed by atoms with Crippen molar-refractivity contribution in [3.05, 3.63) is 0 Å². The molecule has 0 heterocycles. The molecule has 0 saturated carbocycles. The predicted octanol–water partition coefficient (Wildman–Crippen LogP) is -0.901. The zero-order valence-corrected chi connectivity index (χ0v) is 9.36. The molecule has 15 heavy (non-hydrogen) atoms. The number of aliphatic hydroxyl groups excluding tert-OH is 1. The van der Waals surface area contributed by atoms with Crippen LogP contribution in [0, 0.1) is 0 Å². The predicted molar refractivity (Wildman–Crippen MR) is 52.1 cm³/mol. The fourth-order valence-electron chi connectivity index (χ4n) is 0.655.